The minimum Gasteiger partial charge on any atom is -0.368 e. The predicted molar refractivity (Wildman–Crippen MR) is 58.9 cm³/mol. The van der Waals surface area contributed by atoms with E-state index in [2.05, 4.69) is 30.0 Å². The Morgan fingerprint density at radius 1 is 1.24 bits per heavy atom. The molecule has 17 heavy (non-hydrogen) atoms. The summed E-state index contributed by atoms with van der Waals surface area (Å²) in [4.78, 5) is 19.1. The van der Waals surface area contributed by atoms with Gasteiger partial charge < -0.3 is 10.7 Å². The van der Waals surface area contributed by atoms with Gasteiger partial charge in [0.15, 0.2) is 5.82 Å². The van der Waals surface area contributed by atoms with Crippen LogP contribution in [-0.2, 0) is 0 Å². The van der Waals surface area contributed by atoms with Gasteiger partial charge in [0.2, 0.25) is 5.95 Å². The zero-order chi connectivity index (χ0) is 11.7. The molecule has 3 aromatic heterocycles. The summed E-state index contributed by atoms with van der Waals surface area (Å²) in [6.07, 6.45) is 4.67. The van der Waals surface area contributed by atoms with Crippen LogP contribution in [0.5, 0.6) is 0 Å². The van der Waals surface area contributed by atoms with Gasteiger partial charge in [0, 0.05) is 6.20 Å². The van der Waals surface area contributed by atoms with E-state index in [1.165, 1.54) is 17.3 Å². The van der Waals surface area contributed by atoms with Crippen LogP contribution < -0.4 is 5.73 Å². The van der Waals surface area contributed by atoms with Crippen molar-refractivity contribution in [3.05, 3.63) is 31.0 Å². The van der Waals surface area contributed by atoms with Gasteiger partial charge in [-0.1, -0.05) is 0 Å². The number of nitrogens with two attached hydrogens (primary N) is 1. The van der Waals surface area contributed by atoms with E-state index >= 15 is 0 Å². The van der Waals surface area contributed by atoms with E-state index in [1.807, 2.05) is 12.1 Å². The van der Waals surface area contributed by atoms with E-state index in [1.54, 1.807) is 6.20 Å². The lowest BCUT2D eigenvalue weighted by Gasteiger charge is -2.02. The monoisotopic (exact) mass is 228 g/mol. The fourth-order valence-corrected chi connectivity index (χ4v) is 1.38. The summed E-state index contributed by atoms with van der Waals surface area (Å²) in [6, 6.07) is 3.70. The van der Waals surface area contributed by atoms with Crippen molar-refractivity contribution in [2.75, 3.05) is 5.73 Å². The third-order valence-corrected chi connectivity index (χ3v) is 2.10. The van der Waals surface area contributed by atoms with Gasteiger partial charge in [0.05, 0.1) is 5.69 Å². The second-order valence-corrected chi connectivity index (χ2v) is 3.24. The van der Waals surface area contributed by atoms with E-state index in [0.29, 0.717) is 11.8 Å². The maximum absolute atomic E-state index is 5.63. The van der Waals surface area contributed by atoms with Crippen molar-refractivity contribution in [2.24, 2.45) is 0 Å². The van der Waals surface area contributed by atoms with Crippen LogP contribution in [0.1, 0.15) is 0 Å². The number of rotatable bonds is 2. The first-order valence-electron chi connectivity index (χ1n) is 4.83. The highest BCUT2D eigenvalue weighted by atomic mass is 15.4. The number of nitrogens with one attached hydrogen (secondary N) is 1. The van der Waals surface area contributed by atoms with Crippen molar-refractivity contribution in [2.45, 2.75) is 0 Å². The molecule has 0 aliphatic carbocycles. The van der Waals surface area contributed by atoms with Gasteiger partial charge >= 0.3 is 0 Å². The Morgan fingerprint density at radius 3 is 2.88 bits per heavy atom. The molecule has 8 heteroatoms. The van der Waals surface area contributed by atoms with E-state index in [-0.39, 0.29) is 5.95 Å². The van der Waals surface area contributed by atoms with Crippen LogP contribution in [0.2, 0.25) is 0 Å². The van der Waals surface area contributed by atoms with E-state index in [4.69, 9.17) is 5.73 Å². The number of nitrogens with zero attached hydrogens (tertiary/aromatic N) is 6. The average Bonchev–Trinajstić information content (AvgIpc) is 3.02. The molecular formula is C9H8N8. The van der Waals surface area contributed by atoms with Gasteiger partial charge in [-0.05, 0) is 12.1 Å². The summed E-state index contributed by atoms with van der Waals surface area (Å²) in [5, 5.41) is 3.94. The molecule has 0 spiro atoms. The van der Waals surface area contributed by atoms with E-state index < -0.39 is 0 Å². The highest BCUT2D eigenvalue weighted by molar-refractivity contribution is 5.51. The lowest BCUT2D eigenvalue weighted by Crippen LogP contribution is -2.08. The second-order valence-electron chi connectivity index (χ2n) is 3.24. The van der Waals surface area contributed by atoms with Gasteiger partial charge in [0.1, 0.15) is 12.7 Å². The lowest BCUT2D eigenvalue weighted by atomic mass is 10.4. The summed E-state index contributed by atoms with van der Waals surface area (Å²) in [6.45, 7) is 0. The number of anilines is 1. The molecule has 0 amide bonds. The molecule has 3 aromatic rings. The predicted octanol–water partition coefficient (Wildman–Crippen LogP) is 0.0296. The third kappa shape index (κ3) is 1.71. The third-order valence-electron chi connectivity index (χ3n) is 2.10. The number of hydrogen-bond acceptors (Lipinski definition) is 6. The first-order chi connectivity index (χ1) is 8.33. The maximum atomic E-state index is 5.63. The van der Waals surface area contributed by atoms with Crippen molar-refractivity contribution in [3.8, 4) is 17.5 Å². The van der Waals surface area contributed by atoms with Gasteiger partial charge in [-0.2, -0.15) is 24.7 Å². The molecule has 3 N–H and O–H groups in total. The molecule has 8 nitrogen and oxygen atoms in total. The molecule has 3 rings (SSSR count). The Bertz CT molecular complexity index is 560. The van der Waals surface area contributed by atoms with Gasteiger partial charge in [0.25, 0.3) is 5.95 Å². The summed E-state index contributed by atoms with van der Waals surface area (Å²) < 4.78 is 1.42. The Morgan fingerprint density at radius 2 is 2.18 bits per heavy atom. The molecule has 0 unspecified atom stereocenters. The normalized spacial score (nSPS) is 10.6. The standard InChI is InChI=1S/C9H8N8/c10-8-14-7(6-2-1-3-12-6)15-9(16-8)17-5-11-4-13-17/h1-5,12H,(H2,10,14,15,16). The quantitative estimate of drug-likeness (QED) is 0.640. The SMILES string of the molecule is Nc1nc(-c2ccc[nH]2)nc(-n2cncn2)n1. The number of H-pyrrole nitrogens is 1. The van der Waals surface area contributed by atoms with Crippen molar-refractivity contribution in [1.82, 2.24) is 34.7 Å². The molecule has 84 valence electrons. The summed E-state index contributed by atoms with van der Waals surface area (Å²) in [5.41, 5.74) is 6.40. The Hall–Kier alpha value is -2.77. The van der Waals surface area contributed by atoms with Crippen LogP contribution in [0.4, 0.5) is 5.95 Å². The fraction of sp³-hybridized carbons (Fsp3) is 0. The number of hydrogen-bond donors (Lipinski definition) is 2. The minimum atomic E-state index is 0.134. The molecule has 0 atom stereocenters. The van der Waals surface area contributed by atoms with Crippen LogP contribution >= 0.6 is 0 Å². The number of nitrogen functional groups attached to an aromatic ring is 1. The van der Waals surface area contributed by atoms with Crippen molar-refractivity contribution < 1.29 is 0 Å². The zero-order valence-electron chi connectivity index (χ0n) is 8.65. The molecule has 0 radical (unpaired) electrons. The second kappa shape index (κ2) is 3.67. The van der Waals surface area contributed by atoms with Crippen LogP contribution in [0, 0.1) is 0 Å². The van der Waals surface area contributed by atoms with Gasteiger partial charge in [-0.3, -0.25) is 0 Å². The maximum Gasteiger partial charge on any atom is 0.257 e. The molecule has 0 fully saturated rings. The molecular weight excluding hydrogens is 220 g/mol. The smallest absolute Gasteiger partial charge is 0.257 e. The van der Waals surface area contributed by atoms with Crippen LogP contribution in [-0.4, -0.2) is 34.7 Å². The largest absolute Gasteiger partial charge is 0.368 e. The fourth-order valence-electron chi connectivity index (χ4n) is 1.38. The van der Waals surface area contributed by atoms with Crippen LogP contribution in [0.25, 0.3) is 17.5 Å². The van der Waals surface area contributed by atoms with Gasteiger partial charge in [-0.25, -0.2) is 4.98 Å². The molecule has 0 saturated heterocycles. The molecule has 0 saturated carbocycles. The molecule has 0 aliphatic heterocycles. The number of aromatic nitrogens is 7. The average molecular weight is 228 g/mol. The Kier molecular flexibility index (Phi) is 2.04. The molecule has 3 heterocycles. The highest BCUT2D eigenvalue weighted by Crippen LogP contribution is 2.13. The zero-order valence-corrected chi connectivity index (χ0v) is 8.65. The van der Waals surface area contributed by atoms with Crippen molar-refractivity contribution in [1.29, 1.82) is 0 Å². The summed E-state index contributed by atoms with van der Waals surface area (Å²) >= 11 is 0. The highest BCUT2D eigenvalue weighted by Gasteiger charge is 2.08. The van der Waals surface area contributed by atoms with E-state index in [0.717, 1.165) is 5.69 Å². The first-order valence-corrected chi connectivity index (χ1v) is 4.83. The lowest BCUT2D eigenvalue weighted by molar-refractivity contribution is 0.799. The Labute approximate surface area is 95.6 Å². The summed E-state index contributed by atoms with van der Waals surface area (Å²) in [7, 11) is 0. The Balaban J connectivity index is 2.13. The van der Waals surface area contributed by atoms with Crippen molar-refractivity contribution >= 4 is 5.95 Å². The molecule has 0 aromatic carbocycles. The molecule has 0 bridgehead atoms. The minimum absolute atomic E-state index is 0.134. The topological polar surface area (TPSA) is 111 Å². The summed E-state index contributed by atoms with van der Waals surface area (Å²) in [5.74, 6) is 0.933. The van der Waals surface area contributed by atoms with Crippen LogP contribution in [0.3, 0.4) is 0 Å². The van der Waals surface area contributed by atoms with Crippen molar-refractivity contribution in [3.63, 3.8) is 0 Å². The molecule has 0 aliphatic rings. The van der Waals surface area contributed by atoms with E-state index in [9.17, 15) is 0 Å². The van der Waals surface area contributed by atoms with Crippen LogP contribution in [0.15, 0.2) is 31.0 Å². The van der Waals surface area contributed by atoms with Gasteiger partial charge in [-0.15, -0.1) is 0 Å². The first kappa shape index (κ1) is 9.46. The number of aromatic amines is 1.